The number of benzene rings is 2. The zero-order chi connectivity index (χ0) is 19.7. The second-order valence-electron chi connectivity index (χ2n) is 6.98. The Labute approximate surface area is 169 Å². The molecule has 1 aromatic heterocycles. The van der Waals surface area contributed by atoms with E-state index in [4.69, 9.17) is 16.0 Å². The number of hydrogen-bond donors (Lipinski definition) is 1. The summed E-state index contributed by atoms with van der Waals surface area (Å²) in [5, 5.41) is 2.74. The number of furan rings is 1. The summed E-state index contributed by atoms with van der Waals surface area (Å²) in [5.74, 6) is 0.606. The Morgan fingerprint density at radius 1 is 1.21 bits per heavy atom. The van der Waals surface area contributed by atoms with E-state index in [0.29, 0.717) is 22.9 Å². The van der Waals surface area contributed by atoms with Crippen LogP contribution < -0.4 is 4.72 Å². The molecule has 1 aliphatic heterocycles. The molecule has 1 aliphatic rings. The topological polar surface area (TPSA) is 62.6 Å². The van der Waals surface area contributed by atoms with Gasteiger partial charge in [0.15, 0.2) is 5.58 Å². The maximum atomic E-state index is 12.4. The Bertz CT molecular complexity index is 1140. The maximum Gasteiger partial charge on any atom is 0.234 e. The summed E-state index contributed by atoms with van der Waals surface area (Å²) >= 11 is 6.34. The third kappa shape index (κ3) is 4.00. The van der Waals surface area contributed by atoms with Crippen molar-refractivity contribution >= 4 is 38.7 Å². The van der Waals surface area contributed by atoms with E-state index in [0.717, 1.165) is 29.5 Å². The van der Waals surface area contributed by atoms with Crippen molar-refractivity contribution in [3.63, 3.8) is 0 Å². The van der Waals surface area contributed by atoms with Gasteiger partial charge in [0.1, 0.15) is 5.76 Å². The average Bonchev–Trinajstić information content (AvgIpc) is 2.95. The van der Waals surface area contributed by atoms with Crippen LogP contribution in [0.3, 0.4) is 0 Å². The molecule has 2 heterocycles. The molecule has 0 radical (unpaired) electrons. The van der Waals surface area contributed by atoms with Gasteiger partial charge >= 0.3 is 0 Å². The molecule has 0 spiro atoms. The quantitative estimate of drug-likeness (QED) is 0.678. The van der Waals surface area contributed by atoms with Gasteiger partial charge in [0, 0.05) is 29.4 Å². The molecule has 4 rings (SSSR count). The number of rotatable bonds is 5. The maximum absolute atomic E-state index is 12.4. The fourth-order valence-corrected chi connectivity index (χ4v) is 4.44. The van der Waals surface area contributed by atoms with Crippen molar-refractivity contribution in [2.24, 2.45) is 0 Å². The van der Waals surface area contributed by atoms with E-state index in [1.807, 2.05) is 49.5 Å². The van der Waals surface area contributed by atoms with Crippen LogP contribution >= 0.6 is 11.6 Å². The van der Waals surface area contributed by atoms with Crippen LogP contribution in [0.1, 0.15) is 22.5 Å². The highest BCUT2D eigenvalue weighted by molar-refractivity contribution is 7.92. The average molecular weight is 417 g/mol. The predicted molar refractivity (Wildman–Crippen MR) is 112 cm³/mol. The molecule has 2 aromatic carbocycles. The van der Waals surface area contributed by atoms with Gasteiger partial charge in [0.2, 0.25) is 10.0 Å². The standard InChI is InChI=1S/C21H21ClN2O3S/c1-24-11-9-16-7-8-18(22)21-20(16)17(14-24)19(27-21)13-23-28(25,26)12-10-15-5-3-2-4-6-15/h2-8,10,12,23H,9,11,13-14H2,1H3. The number of sulfonamides is 1. The van der Waals surface area contributed by atoms with Crippen molar-refractivity contribution < 1.29 is 12.8 Å². The van der Waals surface area contributed by atoms with Crippen LogP contribution in [-0.2, 0) is 29.5 Å². The smallest absolute Gasteiger partial charge is 0.234 e. The summed E-state index contributed by atoms with van der Waals surface area (Å²) in [6.07, 6.45) is 2.47. The Balaban J connectivity index is 1.61. The minimum atomic E-state index is -3.60. The molecule has 5 nitrogen and oxygen atoms in total. The lowest BCUT2D eigenvalue weighted by Crippen LogP contribution is -2.22. The molecular weight excluding hydrogens is 396 g/mol. The molecule has 0 bridgehead atoms. The van der Waals surface area contributed by atoms with Gasteiger partial charge in [-0.25, -0.2) is 13.1 Å². The second-order valence-corrected chi connectivity index (χ2v) is 9.04. The van der Waals surface area contributed by atoms with Gasteiger partial charge in [0.25, 0.3) is 0 Å². The predicted octanol–water partition coefficient (Wildman–Crippen LogP) is 4.16. The van der Waals surface area contributed by atoms with Gasteiger partial charge in [-0.05, 0) is 36.7 Å². The second kappa shape index (κ2) is 7.72. The first-order chi connectivity index (χ1) is 13.4. The van der Waals surface area contributed by atoms with Gasteiger partial charge in [-0.2, -0.15) is 0 Å². The molecule has 3 aromatic rings. The third-order valence-electron chi connectivity index (χ3n) is 4.92. The molecule has 0 saturated heterocycles. The SMILES string of the molecule is CN1CCc2ccc(Cl)c3oc(CNS(=O)(=O)C=Cc4ccccc4)c(c23)C1. The molecule has 28 heavy (non-hydrogen) atoms. The molecular formula is C21H21ClN2O3S. The van der Waals surface area contributed by atoms with Crippen molar-refractivity contribution in [1.29, 1.82) is 0 Å². The van der Waals surface area contributed by atoms with Gasteiger partial charge < -0.3 is 9.32 Å². The van der Waals surface area contributed by atoms with E-state index >= 15 is 0 Å². The number of nitrogens with one attached hydrogen (secondary N) is 1. The number of hydrogen-bond acceptors (Lipinski definition) is 4. The monoisotopic (exact) mass is 416 g/mol. The zero-order valence-electron chi connectivity index (χ0n) is 15.5. The van der Waals surface area contributed by atoms with Crippen LogP contribution in [0.4, 0.5) is 0 Å². The first-order valence-corrected chi connectivity index (χ1v) is 11.0. The van der Waals surface area contributed by atoms with Crippen LogP contribution in [0.2, 0.25) is 5.02 Å². The minimum absolute atomic E-state index is 0.0785. The van der Waals surface area contributed by atoms with E-state index in [1.165, 1.54) is 11.0 Å². The molecule has 0 fully saturated rings. The molecule has 0 saturated carbocycles. The largest absolute Gasteiger partial charge is 0.458 e. The normalized spacial score (nSPS) is 15.4. The van der Waals surface area contributed by atoms with Crippen molar-refractivity contribution in [2.75, 3.05) is 13.6 Å². The van der Waals surface area contributed by atoms with E-state index < -0.39 is 10.0 Å². The summed E-state index contributed by atoms with van der Waals surface area (Å²) < 4.78 is 33.4. The summed E-state index contributed by atoms with van der Waals surface area (Å²) in [5.41, 5.74) is 3.64. The number of likely N-dealkylation sites (N-methyl/N-ethyl adjacent to an activating group) is 1. The lowest BCUT2D eigenvalue weighted by atomic mass is 10.0. The first kappa shape index (κ1) is 19.2. The molecule has 0 aliphatic carbocycles. The van der Waals surface area contributed by atoms with Crippen molar-refractivity contribution in [3.05, 3.63) is 75.3 Å². The minimum Gasteiger partial charge on any atom is -0.458 e. The van der Waals surface area contributed by atoms with E-state index in [-0.39, 0.29) is 6.54 Å². The Morgan fingerprint density at radius 3 is 2.79 bits per heavy atom. The lowest BCUT2D eigenvalue weighted by molar-refractivity contribution is 0.332. The lowest BCUT2D eigenvalue weighted by Gasteiger charge is -2.13. The van der Waals surface area contributed by atoms with Crippen molar-refractivity contribution in [1.82, 2.24) is 9.62 Å². The van der Waals surface area contributed by atoms with Crippen LogP contribution in [0.15, 0.2) is 52.3 Å². The molecule has 7 heteroatoms. The van der Waals surface area contributed by atoms with E-state index in [1.54, 1.807) is 6.08 Å². The summed E-state index contributed by atoms with van der Waals surface area (Å²) in [6.45, 7) is 1.70. The van der Waals surface area contributed by atoms with Crippen LogP contribution in [-0.4, -0.2) is 26.9 Å². The number of halogens is 1. The molecule has 1 N–H and O–H groups in total. The van der Waals surface area contributed by atoms with Gasteiger partial charge in [0.05, 0.1) is 11.6 Å². The van der Waals surface area contributed by atoms with Crippen molar-refractivity contribution in [3.8, 4) is 0 Å². The highest BCUT2D eigenvalue weighted by Gasteiger charge is 2.23. The highest BCUT2D eigenvalue weighted by atomic mass is 35.5. The van der Waals surface area contributed by atoms with Crippen LogP contribution in [0.25, 0.3) is 17.0 Å². The number of nitrogens with zero attached hydrogens (tertiary/aromatic N) is 1. The van der Waals surface area contributed by atoms with Crippen molar-refractivity contribution in [2.45, 2.75) is 19.5 Å². The Morgan fingerprint density at radius 2 is 2.00 bits per heavy atom. The highest BCUT2D eigenvalue weighted by Crippen LogP contribution is 2.36. The third-order valence-corrected chi connectivity index (χ3v) is 6.26. The Kier molecular flexibility index (Phi) is 5.29. The summed E-state index contributed by atoms with van der Waals surface area (Å²) in [4.78, 5) is 2.20. The fourth-order valence-electron chi connectivity index (χ4n) is 3.48. The summed E-state index contributed by atoms with van der Waals surface area (Å²) in [7, 11) is -1.56. The molecule has 0 atom stereocenters. The molecule has 0 unspecified atom stereocenters. The van der Waals surface area contributed by atoms with E-state index in [2.05, 4.69) is 9.62 Å². The molecule has 146 valence electrons. The first-order valence-electron chi connectivity index (χ1n) is 9.06. The van der Waals surface area contributed by atoms with Crippen LogP contribution in [0, 0.1) is 0 Å². The molecule has 0 amide bonds. The van der Waals surface area contributed by atoms with Gasteiger partial charge in [-0.15, -0.1) is 0 Å². The summed E-state index contributed by atoms with van der Waals surface area (Å²) in [6, 6.07) is 13.2. The van der Waals surface area contributed by atoms with E-state index in [9.17, 15) is 8.42 Å². The Hall–Kier alpha value is -2.12. The fraction of sp³-hybridized carbons (Fsp3) is 0.238. The van der Waals surface area contributed by atoms with Gasteiger partial charge in [-0.3, -0.25) is 0 Å². The zero-order valence-corrected chi connectivity index (χ0v) is 17.1. The van der Waals surface area contributed by atoms with Crippen LogP contribution in [0.5, 0.6) is 0 Å². The van der Waals surface area contributed by atoms with Gasteiger partial charge in [-0.1, -0.05) is 48.0 Å².